The van der Waals surface area contributed by atoms with Gasteiger partial charge in [-0.05, 0) is 23.6 Å². The summed E-state index contributed by atoms with van der Waals surface area (Å²) in [6.45, 7) is 10.5. The first-order valence-electron chi connectivity index (χ1n) is 7.00. The van der Waals surface area contributed by atoms with Gasteiger partial charge < -0.3 is 10.6 Å². The summed E-state index contributed by atoms with van der Waals surface area (Å²) >= 11 is 0. The Hall–Kier alpha value is -2.13. The summed E-state index contributed by atoms with van der Waals surface area (Å²) in [5, 5.41) is 3.53. The first-order chi connectivity index (χ1) is 10.2. The lowest BCUT2D eigenvalue weighted by Crippen LogP contribution is -1.90. The highest BCUT2D eigenvalue weighted by molar-refractivity contribution is 6.10. The molecular weight excluding hydrogens is 260 g/mol. The molecule has 0 heterocycles. The number of hydrogen-bond acceptors (Lipinski definition) is 3. The quantitative estimate of drug-likeness (QED) is 0.268. The van der Waals surface area contributed by atoms with Gasteiger partial charge in [-0.3, -0.25) is 0 Å². The SMILES string of the molecule is C=CC(=C)/C=C(\C=N/N)c1ccccc1.CCCCOC. The third-order valence-corrected chi connectivity index (χ3v) is 2.63. The third-order valence-electron chi connectivity index (χ3n) is 2.63. The minimum Gasteiger partial charge on any atom is -0.385 e. The topological polar surface area (TPSA) is 47.6 Å². The van der Waals surface area contributed by atoms with Gasteiger partial charge in [-0.25, -0.2) is 0 Å². The smallest absolute Gasteiger partial charge is 0.0544 e. The predicted molar refractivity (Wildman–Crippen MR) is 93.2 cm³/mol. The summed E-state index contributed by atoms with van der Waals surface area (Å²) in [5.41, 5.74) is 2.80. The molecule has 114 valence electrons. The van der Waals surface area contributed by atoms with Crippen molar-refractivity contribution < 1.29 is 4.74 Å². The molecule has 0 unspecified atom stereocenters. The van der Waals surface area contributed by atoms with E-state index in [-0.39, 0.29) is 0 Å². The molecule has 3 heteroatoms. The fraction of sp³-hybridized carbons (Fsp3) is 0.278. The maximum atomic E-state index is 5.16. The van der Waals surface area contributed by atoms with Crippen LogP contribution in [0.5, 0.6) is 0 Å². The van der Waals surface area contributed by atoms with E-state index in [1.165, 1.54) is 12.8 Å². The Labute approximate surface area is 128 Å². The maximum Gasteiger partial charge on any atom is 0.0544 e. The summed E-state index contributed by atoms with van der Waals surface area (Å²) in [5.74, 6) is 5.16. The summed E-state index contributed by atoms with van der Waals surface area (Å²) in [6, 6.07) is 9.87. The molecule has 0 aliphatic carbocycles. The van der Waals surface area contributed by atoms with Gasteiger partial charge >= 0.3 is 0 Å². The van der Waals surface area contributed by atoms with Crippen molar-refractivity contribution in [2.24, 2.45) is 10.9 Å². The Kier molecular flexibility index (Phi) is 11.6. The lowest BCUT2D eigenvalue weighted by Gasteiger charge is -2.01. The van der Waals surface area contributed by atoms with Crippen LogP contribution >= 0.6 is 0 Å². The summed E-state index contributed by atoms with van der Waals surface area (Å²) < 4.78 is 4.78. The van der Waals surface area contributed by atoms with E-state index >= 15 is 0 Å². The summed E-state index contributed by atoms with van der Waals surface area (Å²) in [6.07, 6.45) is 7.60. The second kappa shape index (κ2) is 12.9. The molecule has 0 bridgehead atoms. The molecule has 1 rings (SSSR count). The monoisotopic (exact) mass is 286 g/mol. The van der Waals surface area contributed by atoms with Crippen LogP contribution in [0.15, 0.2) is 66.3 Å². The van der Waals surface area contributed by atoms with Gasteiger partial charge in [0.05, 0.1) is 6.21 Å². The first kappa shape index (κ1) is 18.9. The zero-order valence-electron chi connectivity index (χ0n) is 13.1. The molecule has 2 N–H and O–H groups in total. The van der Waals surface area contributed by atoms with Crippen LogP contribution in [0.25, 0.3) is 5.57 Å². The van der Waals surface area contributed by atoms with Crippen LogP contribution < -0.4 is 5.84 Å². The predicted octanol–water partition coefficient (Wildman–Crippen LogP) is 4.19. The number of allylic oxidation sites excluding steroid dienone is 4. The molecule has 0 saturated heterocycles. The van der Waals surface area contributed by atoms with Crippen molar-refractivity contribution in [3.63, 3.8) is 0 Å². The molecular formula is C18H26N2O. The molecule has 0 fully saturated rings. The first-order valence-corrected chi connectivity index (χ1v) is 7.00. The molecule has 0 atom stereocenters. The Morgan fingerprint density at radius 3 is 2.43 bits per heavy atom. The van der Waals surface area contributed by atoms with Crippen LogP contribution in [0.4, 0.5) is 0 Å². The van der Waals surface area contributed by atoms with Gasteiger partial charge in [0.1, 0.15) is 0 Å². The standard InChI is InChI=1S/C13H14N2.C5H12O/c1-3-11(2)9-13(10-15-14)12-7-5-4-6-8-12;1-3-4-5-6-2/h3-10H,1-2,14H2;3-5H2,1-2H3/b13-9+,15-10-;. The van der Waals surface area contributed by atoms with E-state index in [9.17, 15) is 0 Å². The molecule has 3 nitrogen and oxygen atoms in total. The van der Waals surface area contributed by atoms with Crippen LogP contribution in [0.2, 0.25) is 0 Å². The van der Waals surface area contributed by atoms with Crippen molar-refractivity contribution in [3.05, 3.63) is 66.8 Å². The van der Waals surface area contributed by atoms with Gasteiger partial charge in [-0.1, -0.05) is 62.9 Å². The van der Waals surface area contributed by atoms with Crippen molar-refractivity contribution in [3.8, 4) is 0 Å². The van der Waals surface area contributed by atoms with Gasteiger partial charge in [0.2, 0.25) is 0 Å². The average Bonchev–Trinajstić information content (AvgIpc) is 2.53. The number of nitrogens with two attached hydrogens (primary N) is 1. The normalized spacial score (nSPS) is 10.9. The second-order valence-corrected chi connectivity index (χ2v) is 4.37. The molecule has 0 amide bonds. The Balaban J connectivity index is 0.000000567. The van der Waals surface area contributed by atoms with Crippen molar-refractivity contribution in [2.75, 3.05) is 13.7 Å². The number of ether oxygens (including phenoxy) is 1. The van der Waals surface area contributed by atoms with Crippen LogP contribution in [0.3, 0.4) is 0 Å². The van der Waals surface area contributed by atoms with E-state index in [1.807, 2.05) is 36.4 Å². The molecule has 0 aliphatic heterocycles. The average molecular weight is 286 g/mol. The van der Waals surface area contributed by atoms with Crippen LogP contribution in [0, 0.1) is 0 Å². The molecule has 21 heavy (non-hydrogen) atoms. The molecule has 1 aromatic carbocycles. The number of unbranched alkanes of at least 4 members (excludes halogenated alkanes) is 1. The molecule has 0 aromatic heterocycles. The van der Waals surface area contributed by atoms with Gasteiger partial charge in [0, 0.05) is 19.3 Å². The van der Waals surface area contributed by atoms with Crippen molar-refractivity contribution in [1.29, 1.82) is 0 Å². The number of rotatable bonds is 7. The van der Waals surface area contributed by atoms with Gasteiger partial charge in [0.25, 0.3) is 0 Å². The van der Waals surface area contributed by atoms with E-state index in [2.05, 4.69) is 25.2 Å². The highest BCUT2D eigenvalue weighted by Gasteiger charge is 1.97. The fourth-order valence-electron chi connectivity index (χ4n) is 1.45. The molecule has 0 aliphatic rings. The van der Waals surface area contributed by atoms with E-state index < -0.39 is 0 Å². The molecule has 1 aromatic rings. The van der Waals surface area contributed by atoms with Crippen LogP contribution in [-0.4, -0.2) is 19.9 Å². The van der Waals surface area contributed by atoms with Crippen molar-refractivity contribution in [2.45, 2.75) is 19.8 Å². The minimum atomic E-state index is 0.828. The van der Waals surface area contributed by atoms with Gasteiger partial charge in [-0.2, -0.15) is 5.10 Å². The fourth-order valence-corrected chi connectivity index (χ4v) is 1.45. The Morgan fingerprint density at radius 2 is 2.00 bits per heavy atom. The van der Waals surface area contributed by atoms with Crippen molar-refractivity contribution >= 4 is 11.8 Å². The second-order valence-electron chi connectivity index (χ2n) is 4.37. The zero-order valence-corrected chi connectivity index (χ0v) is 13.1. The van der Waals surface area contributed by atoms with E-state index in [1.54, 1.807) is 19.4 Å². The van der Waals surface area contributed by atoms with Gasteiger partial charge in [-0.15, -0.1) is 0 Å². The number of benzene rings is 1. The highest BCUT2D eigenvalue weighted by Crippen LogP contribution is 2.14. The largest absolute Gasteiger partial charge is 0.385 e. The lowest BCUT2D eigenvalue weighted by atomic mass is 10.0. The van der Waals surface area contributed by atoms with Gasteiger partial charge in [0.15, 0.2) is 0 Å². The number of methoxy groups -OCH3 is 1. The Bertz CT molecular complexity index is 457. The number of nitrogens with zero attached hydrogens (tertiary/aromatic N) is 1. The summed E-state index contributed by atoms with van der Waals surface area (Å²) in [7, 11) is 1.73. The summed E-state index contributed by atoms with van der Waals surface area (Å²) in [4.78, 5) is 0. The third kappa shape index (κ3) is 9.41. The number of hydrogen-bond donors (Lipinski definition) is 1. The molecule has 0 saturated carbocycles. The minimum absolute atomic E-state index is 0.828. The van der Waals surface area contributed by atoms with E-state index in [4.69, 9.17) is 10.6 Å². The Morgan fingerprint density at radius 1 is 1.33 bits per heavy atom. The van der Waals surface area contributed by atoms with E-state index in [0.29, 0.717) is 0 Å². The van der Waals surface area contributed by atoms with Crippen molar-refractivity contribution in [1.82, 2.24) is 0 Å². The molecule has 0 spiro atoms. The highest BCUT2D eigenvalue weighted by atomic mass is 16.5. The van der Waals surface area contributed by atoms with Crippen LogP contribution in [-0.2, 0) is 4.74 Å². The van der Waals surface area contributed by atoms with Crippen LogP contribution in [0.1, 0.15) is 25.3 Å². The zero-order chi connectivity index (χ0) is 15.9. The maximum absolute atomic E-state index is 5.16. The molecule has 0 radical (unpaired) electrons. The lowest BCUT2D eigenvalue weighted by molar-refractivity contribution is 0.194. The van der Waals surface area contributed by atoms with E-state index in [0.717, 1.165) is 23.3 Å². The number of hydrazone groups is 1.